The average molecular weight is 311 g/mol. The Balaban J connectivity index is 2.42. The molecule has 3 N–H and O–H groups in total. The van der Waals surface area contributed by atoms with Crippen LogP contribution in [0.1, 0.15) is 20.8 Å². The Morgan fingerprint density at radius 3 is 2.38 bits per heavy atom. The molecule has 0 bridgehead atoms. The van der Waals surface area contributed by atoms with Gasteiger partial charge in [-0.2, -0.15) is 0 Å². The van der Waals surface area contributed by atoms with Crippen LogP contribution < -0.4 is 25.6 Å². The lowest BCUT2D eigenvalue weighted by molar-refractivity contribution is -0.127. The second-order valence-electron chi connectivity index (χ2n) is 4.14. The summed E-state index contributed by atoms with van der Waals surface area (Å²) in [7, 11) is 0. The van der Waals surface area contributed by atoms with E-state index in [1.807, 2.05) is 13.8 Å². The number of rotatable bonds is 6. The maximum Gasteiger partial charge on any atom is 0.279 e. The van der Waals surface area contributed by atoms with Crippen LogP contribution in [0.5, 0.6) is 11.5 Å². The Kier molecular flexibility index (Phi) is 7.31. The van der Waals surface area contributed by atoms with E-state index in [0.717, 1.165) is 5.75 Å². The van der Waals surface area contributed by atoms with Crippen molar-refractivity contribution in [2.75, 3.05) is 13.2 Å². The number of carbonyl (C=O) groups is 1. The molecule has 1 atom stereocenters. The monoisotopic (exact) mass is 311 g/mol. The van der Waals surface area contributed by atoms with E-state index in [1.54, 1.807) is 31.2 Å². The second-order valence-corrected chi connectivity index (χ2v) is 4.55. The SMILES string of the molecule is CCNC(=S)NNC(=O)[C@H](C)Oc1ccc(OCC)cc1. The van der Waals surface area contributed by atoms with Crippen LogP contribution in [-0.2, 0) is 4.79 Å². The molecule has 0 aliphatic heterocycles. The van der Waals surface area contributed by atoms with Gasteiger partial charge in [0.15, 0.2) is 11.2 Å². The number of hydrogen-bond acceptors (Lipinski definition) is 4. The molecule has 6 nitrogen and oxygen atoms in total. The summed E-state index contributed by atoms with van der Waals surface area (Å²) in [6.45, 7) is 6.77. The molecular weight excluding hydrogens is 290 g/mol. The van der Waals surface area contributed by atoms with Gasteiger partial charge in [-0.1, -0.05) is 0 Å². The highest BCUT2D eigenvalue weighted by Gasteiger charge is 2.14. The van der Waals surface area contributed by atoms with Crippen molar-refractivity contribution >= 4 is 23.2 Å². The molecule has 1 rings (SSSR count). The quantitative estimate of drug-likeness (QED) is 0.544. The fraction of sp³-hybridized carbons (Fsp3) is 0.429. The van der Waals surface area contributed by atoms with Crippen molar-refractivity contribution in [3.63, 3.8) is 0 Å². The molecule has 0 spiro atoms. The summed E-state index contributed by atoms with van der Waals surface area (Å²) >= 11 is 4.94. The Morgan fingerprint density at radius 2 is 1.81 bits per heavy atom. The summed E-state index contributed by atoms with van der Waals surface area (Å²) in [5, 5.41) is 3.22. The number of nitrogens with one attached hydrogen (secondary N) is 3. The molecule has 0 saturated carbocycles. The number of hydrazine groups is 1. The van der Waals surface area contributed by atoms with E-state index in [-0.39, 0.29) is 5.91 Å². The molecule has 0 radical (unpaired) electrons. The number of thiocarbonyl (C=S) groups is 1. The topological polar surface area (TPSA) is 71.6 Å². The third kappa shape index (κ3) is 6.31. The van der Waals surface area contributed by atoms with Crippen molar-refractivity contribution < 1.29 is 14.3 Å². The van der Waals surface area contributed by atoms with Crippen molar-refractivity contribution in [3.05, 3.63) is 24.3 Å². The molecule has 0 unspecified atom stereocenters. The summed E-state index contributed by atoms with van der Waals surface area (Å²) in [6.07, 6.45) is -0.653. The fourth-order valence-electron chi connectivity index (χ4n) is 1.46. The summed E-state index contributed by atoms with van der Waals surface area (Å²) < 4.78 is 10.9. The Hall–Kier alpha value is -2.02. The first kappa shape index (κ1) is 17.0. The molecule has 116 valence electrons. The van der Waals surface area contributed by atoms with E-state index >= 15 is 0 Å². The van der Waals surface area contributed by atoms with E-state index in [0.29, 0.717) is 24.0 Å². The van der Waals surface area contributed by atoms with Gasteiger partial charge < -0.3 is 14.8 Å². The van der Waals surface area contributed by atoms with Gasteiger partial charge in [-0.05, 0) is 57.3 Å². The molecule has 7 heteroatoms. The molecule has 0 heterocycles. The third-order valence-electron chi connectivity index (χ3n) is 2.45. The zero-order valence-corrected chi connectivity index (χ0v) is 13.3. The largest absolute Gasteiger partial charge is 0.494 e. The van der Waals surface area contributed by atoms with Gasteiger partial charge in [0.2, 0.25) is 0 Å². The summed E-state index contributed by atoms with van der Waals surface area (Å²) in [4.78, 5) is 11.8. The molecule has 0 aliphatic carbocycles. The lowest BCUT2D eigenvalue weighted by atomic mass is 10.3. The third-order valence-corrected chi connectivity index (χ3v) is 2.70. The van der Waals surface area contributed by atoms with Gasteiger partial charge >= 0.3 is 0 Å². The number of benzene rings is 1. The lowest BCUT2D eigenvalue weighted by Gasteiger charge is -2.16. The second kappa shape index (κ2) is 9.02. The van der Waals surface area contributed by atoms with E-state index in [1.165, 1.54) is 0 Å². The van der Waals surface area contributed by atoms with Crippen LogP contribution in [0.4, 0.5) is 0 Å². The highest BCUT2D eigenvalue weighted by Crippen LogP contribution is 2.18. The standard InChI is InChI=1S/C14H21N3O3S/c1-4-15-14(21)17-16-13(18)10(3)20-12-8-6-11(7-9-12)19-5-2/h6-10H,4-5H2,1-3H3,(H,16,18)(H2,15,17,21)/t10-/m0/s1. The van der Waals surface area contributed by atoms with Crippen molar-refractivity contribution in [2.45, 2.75) is 26.9 Å². The van der Waals surface area contributed by atoms with Crippen LogP contribution in [0.3, 0.4) is 0 Å². The Morgan fingerprint density at radius 1 is 1.19 bits per heavy atom. The van der Waals surface area contributed by atoms with E-state index in [2.05, 4.69) is 16.2 Å². The molecule has 0 aliphatic rings. The maximum absolute atomic E-state index is 11.8. The van der Waals surface area contributed by atoms with Gasteiger partial charge in [-0.25, -0.2) is 0 Å². The average Bonchev–Trinajstić information content (AvgIpc) is 2.47. The van der Waals surface area contributed by atoms with Gasteiger partial charge in [0, 0.05) is 6.54 Å². The van der Waals surface area contributed by atoms with Crippen molar-refractivity contribution in [3.8, 4) is 11.5 Å². The normalized spacial score (nSPS) is 11.2. The molecule has 0 saturated heterocycles. The first-order chi connectivity index (χ1) is 10.1. The summed E-state index contributed by atoms with van der Waals surface area (Å²) in [6, 6.07) is 7.10. The molecule has 1 aromatic carbocycles. The number of ether oxygens (including phenoxy) is 2. The summed E-state index contributed by atoms with van der Waals surface area (Å²) in [5.74, 6) is 1.04. The number of carbonyl (C=O) groups excluding carboxylic acids is 1. The Bertz CT molecular complexity index is 465. The van der Waals surface area contributed by atoms with Crippen molar-refractivity contribution in [1.82, 2.24) is 16.2 Å². The van der Waals surface area contributed by atoms with Crippen molar-refractivity contribution in [2.24, 2.45) is 0 Å². The van der Waals surface area contributed by atoms with Crippen LogP contribution in [0, 0.1) is 0 Å². The van der Waals surface area contributed by atoms with E-state index < -0.39 is 6.10 Å². The minimum Gasteiger partial charge on any atom is -0.494 e. The number of hydrogen-bond donors (Lipinski definition) is 3. The van der Waals surface area contributed by atoms with Crippen LogP contribution in [0.2, 0.25) is 0 Å². The van der Waals surface area contributed by atoms with Gasteiger partial charge in [0.1, 0.15) is 11.5 Å². The first-order valence-electron chi connectivity index (χ1n) is 6.80. The van der Waals surface area contributed by atoms with E-state index in [4.69, 9.17) is 21.7 Å². The predicted molar refractivity (Wildman–Crippen MR) is 85.3 cm³/mol. The van der Waals surface area contributed by atoms with Crippen molar-refractivity contribution in [1.29, 1.82) is 0 Å². The lowest BCUT2D eigenvalue weighted by Crippen LogP contribution is -2.50. The smallest absolute Gasteiger partial charge is 0.279 e. The Labute approximate surface area is 130 Å². The molecule has 21 heavy (non-hydrogen) atoms. The molecule has 1 amide bonds. The van der Waals surface area contributed by atoms with Gasteiger partial charge in [-0.3, -0.25) is 15.6 Å². The van der Waals surface area contributed by atoms with Crippen LogP contribution in [-0.4, -0.2) is 30.3 Å². The predicted octanol–water partition coefficient (Wildman–Crippen LogP) is 1.37. The molecule has 0 fully saturated rings. The van der Waals surface area contributed by atoms with Crippen LogP contribution in [0.25, 0.3) is 0 Å². The van der Waals surface area contributed by atoms with E-state index in [9.17, 15) is 4.79 Å². The zero-order chi connectivity index (χ0) is 15.7. The number of amides is 1. The minimum absolute atomic E-state index is 0.316. The van der Waals surface area contributed by atoms with Crippen LogP contribution in [0.15, 0.2) is 24.3 Å². The summed E-state index contributed by atoms with van der Waals surface area (Å²) in [5.41, 5.74) is 5.07. The fourth-order valence-corrected chi connectivity index (χ4v) is 1.66. The van der Waals surface area contributed by atoms with Gasteiger partial charge in [0.25, 0.3) is 5.91 Å². The molecular formula is C14H21N3O3S. The van der Waals surface area contributed by atoms with Gasteiger partial charge in [-0.15, -0.1) is 0 Å². The van der Waals surface area contributed by atoms with Crippen LogP contribution >= 0.6 is 12.2 Å². The molecule has 1 aromatic rings. The zero-order valence-electron chi connectivity index (χ0n) is 12.4. The van der Waals surface area contributed by atoms with Gasteiger partial charge in [0.05, 0.1) is 6.61 Å². The highest BCUT2D eigenvalue weighted by molar-refractivity contribution is 7.80. The molecule has 0 aromatic heterocycles. The highest BCUT2D eigenvalue weighted by atomic mass is 32.1. The first-order valence-corrected chi connectivity index (χ1v) is 7.20. The minimum atomic E-state index is -0.653. The maximum atomic E-state index is 11.8.